The van der Waals surface area contributed by atoms with Gasteiger partial charge in [0.25, 0.3) is 0 Å². The maximum atomic E-state index is 11.2. The van der Waals surface area contributed by atoms with Crippen molar-refractivity contribution in [2.75, 3.05) is 5.75 Å². The predicted molar refractivity (Wildman–Crippen MR) is 75.0 cm³/mol. The van der Waals surface area contributed by atoms with Crippen LogP contribution in [0.2, 0.25) is 0 Å². The Morgan fingerprint density at radius 3 is 2.89 bits per heavy atom. The average Bonchev–Trinajstić information content (AvgIpc) is 2.86. The van der Waals surface area contributed by atoms with Crippen molar-refractivity contribution in [1.82, 2.24) is 0 Å². The Kier molecular flexibility index (Phi) is 5.33. The van der Waals surface area contributed by atoms with Crippen molar-refractivity contribution in [2.24, 2.45) is 4.99 Å². The number of hydrogen-bond donors (Lipinski definition) is 0. The number of cyclic esters (lactones) is 1. The van der Waals surface area contributed by atoms with Gasteiger partial charge in [-0.2, -0.15) is 0 Å². The second-order valence-corrected chi connectivity index (χ2v) is 5.29. The van der Waals surface area contributed by atoms with E-state index in [1.165, 1.54) is 6.11 Å². The van der Waals surface area contributed by atoms with Gasteiger partial charge in [-0.3, -0.25) is 0 Å². The van der Waals surface area contributed by atoms with Crippen LogP contribution < -0.4 is 0 Å². The molecule has 98 valence electrons. The van der Waals surface area contributed by atoms with Crippen molar-refractivity contribution in [3.8, 4) is 0 Å². The molecule has 2 atom stereocenters. The summed E-state index contributed by atoms with van der Waals surface area (Å²) in [5, 5.41) is 0. The molecular formula is C13H14BNO3S. The number of carbonyl (C=O) groups excluding carboxylic acids is 1. The monoisotopic (exact) mass is 275 g/mol. The summed E-state index contributed by atoms with van der Waals surface area (Å²) in [6.45, 7) is 0. The molecule has 1 aliphatic heterocycles. The number of thioether (sulfide) groups is 1. The molecule has 1 aliphatic rings. The van der Waals surface area contributed by atoms with Gasteiger partial charge in [0.1, 0.15) is 0 Å². The standard InChI is InChI=1S/C13H14BNO3S/c16-13-7-6-12(18-13)11(15-9-14-17)8-19-10-4-2-1-3-5-10/h1-5,9,11-12H,6-8H2/b15-9-. The van der Waals surface area contributed by atoms with Gasteiger partial charge in [-0.1, -0.05) is 0 Å². The van der Waals surface area contributed by atoms with Gasteiger partial charge in [0.05, 0.1) is 0 Å². The van der Waals surface area contributed by atoms with Crippen molar-refractivity contribution < 1.29 is 14.2 Å². The molecule has 1 fully saturated rings. The molecule has 19 heavy (non-hydrogen) atoms. The molecule has 1 aromatic carbocycles. The Bertz CT molecular complexity index is 466. The number of esters is 1. The molecule has 2 unspecified atom stereocenters. The molecule has 0 aliphatic carbocycles. The van der Waals surface area contributed by atoms with Crippen molar-refractivity contribution >= 4 is 31.0 Å². The van der Waals surface area contributed by atoms with Crippen LogP contribution in [-0.4, -0.2) is 37.1 Å². The summed E-state index contributed by atoms with van der Waals surface area (Å²) in [5.74, 6) is 0.507. The molecule has 0 radical (unpaired) electrons. The van der Waals surface area contributed by atoms with Gasteiger partial charge in [0.15, 0.2) is 0 Å². The van der Waals surface area contributed by atoms with Crippen molar-refractivity contribution in [3.05, 3.63) is 30.3 Å². The predicted octanol–water partition coefficient (Wildman–Crippen LogP) is 1.93. The van der Waals surface area contributed by atoms with E-state index in [-0.39, 0.29) is 18.1 Å². The van der Waals surface area contributed by atoms with Gasteiger partial charge in [0.2, 0.25) is 0 Å². The molecule has 4 nitrogen and oxygen atoms in total. The van der Waals surface area contributed by atoms with E-state index in [0.29, 0.717) is 25.7 Å². The molecule has 1 heterocycles. The SMILES string of the molecule is O=B/C=N\C(CSc1ccccc1)C1CCC(=O)O1. The van der Waals surface area contributed by atoms with Crippen LogP contribution in [0.15, 0.2) is 40.2 Å². The van der Waals surface area contributed by atoms with Crippen LogP contribution in [0.1, 0.15) is 12.8 Å². The normalized spacial score (nSPS) is 20.2. The topological polar surface area (TPSA) is 55.7 Å². The number of nitrogens with zero attached hydrogens (tertiary/aromatic N) is 1. The summed E-state index contributed by atoms with van der Waals surface area (Å²) < 4.78 is 15.6. The van der Waals surface area contributed by atoms with Crippen LogP contribution >= 0.6 is 11.8 Å². The third-order valence-corrected chi connectivity index (χ3v) is 3.96. The van der Waals surface area contributed by atoms with Gasteiger partial charge in [-0.05, 0) is 0 Å². The maximum absolute atomic E-state index is 11.2. The number of ether oxygens (including phenoxy) is 1. The number of carbonyl (C=O) groups is 1. The van der Waals surface area contributed by atoms with Crippen LogP contribution in [0.5, 0.6) is 0 Å². The van der Waals surface area contributed by atoms with Gasteiger partial charge >= 0.3 is 116 Å². The van der Waals surface area contributed by atoms with E-state index in [0.717, 1.165) is 4.90 Å². The molecular weight excluding hydrogens is 261 g/mol. The minimum atomic E-state index is -0.208. The zero-order valence-electron chi connectivity index (χ0n) is 10.4. The molecule has 0 N–H and O–H groups in total. The quantitative estimate of drug-likeness (QED) is 0.344. The summed E-state index contributed by atoms with van der Waals surface area (Å²) in [4.78, 5) is 16.5. The fourth-order valence-corrected chi connectivity index (χ4v) is 2.92. The summed E-state index contributed by atoms with van der Waals surface area (Å²) in [5.41, 5.74) is 0. The molecule has 0 amide bonds. The number of hydrogen-bond acceptors (Lipinski definition) is 5. The summed E-state index contributed by atoms with van der Waals surface area (Å²) in [7, 11) is 0.650. The third-order valence-electron chi connectivity index (χ3n) is 2.85. The third kappa shape index (κ3) is 4.31. The van der Waals surface area contributed by atoms with Gasteiger partial charge in [-0.25, -0.2) is 0 Å². The molecule has 1 aromatic rings. The van der Waals surface area contributed by atoms with Crippen LogP contribution in [0.4, 0.5) is 0 Å². The summed E-state index contributed by atoms with van der Waals surface area (Å²) in [6, 6.07) is 9.79. The van der Waals surface area contributed by atoms with Crippen molar-refractivity contribution in [1.29, 1.82) is 0 Å². The van der Waals surface area contributed by atoms with Crippen LogP contribution in [0.25, 0.3) is 0 Å². The van der Waals surface area contributed by atoms with E-state index >= 15 is 0 Å². The molecule has 2 rings (SSSR count). The van der Waals surface area contributed by atoms with Gasteiger partial charge in [0, 0.05) is 0 Å². The molecule has 0 saturated carbocycles. The fourth-order valence-electron chi connectivity index (χ4n) is 1.91. The minimum absolute atomic E-state index is 0.165. The first kappa shape index (κ1) is 14.0. The first-order valence-electron chi connectivity index (χ1n) is 6.14. The number of rotatable bonds is 6. The van der Waals surface area contributed by atoms with E-state index in [4.69, 9.17) is 4.74 Å². The average molecular weight is 275 g/mol. The molecule has 0 aromatic heterocycles. The van der Waals surface area contributed by atoms with Crippen molar-refractivity contribution in [2.45, 2.75) is 29.9 Å². The van der Waals surface area contributed by atoms with E-state index in [1.54, 1.807) is 11.8 Å². The Morgan fingerprint density at radius 2 is 2.26 bits per heavy atom. The fraction of sp³-hybridized carbons (Fsp3) is 0.385. The Morgan fingerprint density at radius 1 is 1.47 bits per heavy atom. The van der Waals surface area contributed by atoms with E-state index in [2.05, 4.69) is 4.99 Å². The van der Waals surface area contributed by atoms with E-state index in [9.17, 15) is 9.50 Å². The van der Waals surface area contributed by atoms with Gasteiger partial charge in [-0.15, -0.1) is 0 Å². The van der Waals surface area contributed by atoms with Gasteiger partial charge < -0.3 is 0 Å². The first-order valence-corrected chi connectivity index (χ1v) is 7.12. The molecule has 1 saturated heterocycles. The number of benzene rings is 1. The molecule has 0 spiro atoms. The second kappa shape index (κ2) is 7.23. The van der Waals surface area contributed by atoms with Crippen molar-refractivity contribution in [3.63, 3.8) is 0 Å². The Balaban J connectivity index is 1.96. The summed E-state index contributed by atoms with van der Waals surface area (Å²) >= 11 is 1.65. The number of aliphatic imine (C=N–C) groups is 1. The second-order valence-electron chi connectivity index (χ2n) is 4.19. The summed E-state index contributed by atoms with van der Waals surface area (Å²) in [6.07, 6.45) is 2.14. The van der Waals surface area contributed by atoms with Crippen LogP contribution in [-0.2, 0) is 14.2 Å². The molecule has 6 heteroatoms. The van der Waals surface area contributed by atoms with Crippen LogP contribution in [0.3, 0.4) is 0 Å². The van der Waals surface area contributed by atoms with E-state index in [1.807, 2.05) is 30.3 Å². The zero-order valence-corrected chi connectivity index (χ0v) is 11.2. The van der Waals surface area contributed by atoms with E-state index < -0.39 is 0 Å². The van der Waals surface area contributed by atoms with Crippen LogP contribution in [0, 0.1) is 0 Å². The Hall–Kier alpha value is -1.43. The zero-order chi connectivity index (χ0) is 13.5. The first-order chi connectivity index (χ1) is 9.29. The Labute approximate surface area is 116 Å². The molecule has 0 bridgehead atoms.